The van der Waals surface area contributed by atoms with E-state index in [1.807, 2.05) is 55.5 Å². The van der Waals surface area contributed by atoms with Crippen LogP contribution in [0.5, 0.6) is 0 Å². The standard InChI is InChI=1S/C18H18O3/c1-13-7-8-15-10-16(21-18(19)17(15)9-13)12-20-11-14-5-3-2-4-6-14/h2-9,16H,10-12H2,1H3. The fraction of sp³-hybridized carbons (Fsp3) is 0.278. The lowest BCUT2D eigenvalue weighted by molar-refractivity contribution is -0.0123. The van der Waals surface area contributed by atoms with Gasteiger partial charge in [0.2, 0.25) is 0 Å². The molecule has 1 heterocycles. The molecule has 2 aromatic rings. The van der Waals surface area contributed by atoms with Crippen LogP contribution in [0.2, 0.25) is 0 Å². The fourth-order valence-corrected chi connectivity index (χ4v) is 2.54. The topological polar surface area (TPSA) is 35.5 Å². The van der Waals surface area contributed by atoms with Gasteiger partial charge in [-0.2, -0.15) is 0 Å². The van der Waals surface area contributed by atoms with E-state index in [9.17, 15) is 4.79 Å². The Morgan fingerprint density at radius 3 is 2.81 bits per heavy atom. The van der Waals surface area contributed by atoms with Crippen molar-refractivity contribution in [3.63, 3.8) is 0 Å². The molecule has 0 fully saturated rings. The van der Waals surface area contributed by atoms with Crippen LogP contribution in [0.3, 0.4) is 0 Å². The minimum atomic E-state index is -0.242. The monoisotopic (exact) mass is 282 g/mol. The molecule has 0 N–H and O–H groups in total. The summed E-state index contributed by atoms with van der Waals surface area (Å²) in [6.07, 6.45) is 0.521. The Kier molecular flexibility index (Phi) is 4.02. The maximum atomic E-state index is 12.0. The third-order valence-corrected chi connectivity index (χ3v) is 3.62. The van der Waals surface area contributed by atoms with Gasteiger partial charge in [0.05, 0.1) is 18.8 Å². The Bertz CT molecular complexity index is 634. The highest BCUT2D eigenvalue weighted by Crippen LogP contribution is 2.22. The number of hydrogen-bond acceptors (Lipinski definition) is 3. The van der Waals surface area contributed by atoms with Gasteiger partial charge in [-0.1, -0.05) is 48.0 Å². The molecular weight excluding hydrogens is 264 g/mol. The molecule has 3 heteroatoms. The first-order valence-electron chi connectivity index (χ1n) is 7.14. The smallest absolute Gasteiger partial charge is 0.338 e. The molecule has 0 saturated heterocycles. The van der Waals surface area contributed by atoms with E-state index >= 15 is 0 Å². The van der Waals surface area contributed by atoms with Crippen LogP contribution < -0.4 is 0 Å². The molecule has 1 atom stereocenters. The highest BCUT2D eigenvalue weighted by molar-refractivity contribution is 5.92. The Hall–Kier alpha value is -2.13. The van der Waals surface area contributed by atoms with Gasteiger partial charge in [-0.15, -0.1) is 0 Å². The molecule has 21 heavy (non-hydrogen) atoms. The Labute approximate surface area is 124 Å². The lowest BCUT2D eigenvalue weighted by Crippen LogP contribution is -2.31. The van der Waals surface area contributed by atoms with Crippen molar-refractivity contribution in [2.24, 2.45) is 0 Å². The summed E-state index contributed by atoms with van der Waals surface area (Å²) in [5.41, 5.74) is 3.93. The van der Waals surface area contributed by atoms with E-state index in [-0.39, 0.29) is 12.1 Å². The summed E-state index contributed by atoms with van der Waals surface area (Å²) in [6.45, 7) is 2.94. The lowest BCUT2D eigenvalue weighted by atomic mass is 9.97. The summed E-state index contributed by atoms with van der Waals surface area (Å²) in [7, 11) is 0. The third-order valence-electron chi connectivity index (χ3n) is 3.62. The lowest BCUT2D eigenvalue weighted by Gasteiger charge is -2.24. The van der Waals surface area contributed by atoms with E-state index < -0.39 is 0 Å². The molecule has 3 nitrogen and oxygen atoms in total. The second-order valence-corrected chi connectivity index (χ2v) is 5.39. The van der Waals surface area contributed by atoms with Crippen LogP contribution in [0.15, 0.2) is 48.5 Å². The highest BCUT2D eigenvalue weighted by atomic mass is 16.6. The average molecular weight is 282 g/mol. The summed E-state index contributed by atoms with van der Waals surface area (Å²) in [5.74, 6) is -0.242. The van der Waals surface area contributed by atoms with E-state index in [0.29, 0.717) is 18.8 Å². The van der Waals surface area contributed by atoms with Crippen LogP contribution in [-0.4, -0.2) is 18.7 Å². The molecular formula is C18H18O3. The van der Waals surface area contributed by atoms with Crippen molar-refractivity contribution in [3.8, 4) is 0 Å². The number of rotatable bonds is 4. The van der Waals surface area contributed by atoms with E-state index in [2.05, 4.69) is 0 Å². The molecule has 0 saturated carbocycles. The van der Waals surface area contributed by atoms with Crippen molar-refractivity contribution in [2.75, 3.05) is 6.61 Å². The molecule has 108 valence electrons. The zero-order chi connectivity index (χ0) is 14.7. The number of benzene rings is 2. The molecule has 0 radical (unpaired) electrons. The van der Waals surface area contributed by atoms with Gasteiger partial charge in [0, 0.05) is 6.42 Å². The van der Waals surface area contributed by atoms with Crippen LogP contribution in [0, 0.1) is 6.92 Å². The van der Waals surface area contributed by atoms with Crippen molar-refractivity contribution in [3.05, 3.63) is 70.8 Å². The SMILES string of the molecule is Cc1ccc2c(c1)C(=O)OC(COCc1ccccc1)C2. The summed E-state index contributed by atoms with van der Waals surface area (Å²) in [5, 5.41) is 0. The van der Waals surface area contributed by atoms with Crippen LogP contribution in [0.25, 0.3) is 0 Å². The fourth-order valence-electron chi connectivity index (χ4n) is 2.54. The molecule has 1 aliphatic rings. The van der Waals surface area contributed by atoms with Crippen molar-refractivity contribution < 1.29 is 14.3 Å². The van der Waals surface area contributed by atoms with Gasteiger partial charge in [0.1, 0.15) is 6.10 Å². The van der Waals surface area contributed by atoms with Gasteiger partial charge in [-0.3, -0.25) is 0 Å². The normalized spacial score (nSPS) is 17.2. The van der Waals surface area contributed by atoms with E-state index in [1.165, 1.54) is 0 Å². The number of hydrogen-bond donors (Lipinski definition) is 0. The first kappa shape index (κ1) is 13.8. The predicted molar refractivity (Wildman–Crippen MR) is 80.2 cm³/mol. The quantitative estimate of drug-likeness (QED) is 0.807. The maximum Gasteiger partial charge on any atom is 0.338 e. The number of carbonyl (C=O) groups is 1. The third kappa shape index (κ3) is 3.31. The molecule has 3 rings (SSSR count). The summed E-state index contributed by atoms with van der Waals surface area (Å²) in [4.78, 5) is 12.0. The molecule has 0 spiro atoms. The number of cyclic esters (lactones) is 1. The first-order valence-corrected chi connectivity index (χ1v) is 7.14. The summed E-state index contributed by atoms with van der Waals surface area (Å²) in [6, 6.07) is 15.9. The molecule has 2 aromatic carbocycles. The van der Waals surface area contributed by atoms with Crippen molar-refractivity contribution in [1.82, 2.24) is 0 Å². The minimum absolute atomic E-state index is 0.198. The summed E-state index contributed by atoms with van der Waals surface area (Å²) >= 11 is 0. The second kappa shape index (κ2) is 6.10. The maximum absolute atomic E-state index is 12.0. The molecule has 0 aromatic heterocycles. The van der Waals surface area contributed by atoms with E-state index in [0.717, 1.165) is 23.1 Å². The molecule has 0 amide bonds. The van der Waals surface area contributed by atoms with Crippen LogP contribution in [0.4, 0.5) is 0 Å². The van der Waals surface area contributed by atoms with Crippen molar-refractivity contribution in [1.29, 1.82) is 0 Å². The van der Waals surface area contributed by atoms with Gasteiger partial charge >= 0.3 is 5.97 Å². The number of ether oxygens (including phenoxy) is 2. The number of fused-ring (bicyclic) bond motifs is 1. The van der Waals surface area contributed by atoms with Crippen LogP contribution >= 0.6 is 0 Å². The molecule has 1 aliphatic heterocycles. The van der Waals surface area contributed by atoms with Gasteiger partial charge in [-0.05, 0) is 24.1 Å². The van der Waals surface area contributed by atoms with E-state index in [1.54, 1.807) is 0 Å². The predicted octanol–water partition coefficient (Wildman–Crippen LogP) is 3.29. The Morgan fingerprint density at radius 2 is 2.00 bits per heavy atom. The van der Waals surface area contributed by atoms with E-state index in [4.69, 9.17) is 9.47 Å². The number of esters is 1. The molecule has 0 bridgehead atoms. The van der Waals surface area contributed by atoms with Gasteiger partial charge in [-0.25, -0.2) is 4.79 Å². The zero-order valence-electron chi connectivity index (χ0n) is 12.0. The van der Waals surface area contributed by atoms with Crippen molar-refractivity contribution in [2.45, 2.75) is 26.1 Å². The summed E-state index contributed by atoms with van der Waals surface area (Å²) < 4.78 is 11.1. The molecule has 0 aliphatic carbocycles. The van der Waals surface area contributed by atoms with Crippen molar-refractivity contribution >= 4 is 5.97 Å². The Balaban J connectivity index is 1.59. The number of aryl methyl sites for hydroxylation is 1. The second-order valence-electron chi connectivity index (χ2n) is 5.39. The van der Waals surface area contributed by atoms with Gasteiger partial charge in [0.15, 0.2) is 0 Å². The average Bonchev–Trinajstić information content (AvgIpc) is 2.49. The molecule has 1 unspecified atom stereocenters. The van der Waals surface area contributed by atoms with Crippen LogP contribution in [0.1, 0.15) is 27.0 Å². The first-order chi connectivity index (χ1) is 10.2. The van der Waals surface area contributed by atoms with Crippen LogP contribution in [-0.2, 0) is 22.5 Å². The Morgan fingerprint density at radius 1 is 1.19 bits per heavy atom. The highest BCUT2D eigenvalue weighted by Gasteiger charge is 2.26. The van der Waals surface area contributed by atoms with Gasteiger partial charge < -0.3 is 9.47 Å². The number of carbonyl (C=O) groups excluding carboxylic acids is 1. The minimum Gasteiger partial charge on any atom is -0.456 e. The largest absolute Gasteiger partial charge is 0.456 e. The van der Waals surface area contributed by atoms with Gasteiger partial charge in [0.25, 0.3) is 0 Å². The zero-order valence-corrected chi connectivity index (χ0v) is 12.0.